The molecule has 0 unspecified atom stereocenters. The van der Waals surface area contributed by atoms with Crippen LogP contribution >= 0.6 is 11.6 Å². The molecule has 0 spiro atoms. The van der Waals surface area contributed by atoms with Crippen molar-refractivity contribution in [1.29, 1.82) is 0 Å². The highest BCUT2D eigenvalue weighted by Crippen LogP contribution is 2.30. The lowest BCUT2D eigenvalue weighted by atomic mass is 10.2. The van der Waals surface area contributed by atoms with Crippen molar-refractivity contribution in [3.8, 4) is 12.3 Å². The number of nitrogens with one attached hydrogen (secondary N) is 2. The number of terminal acetylenes is 1. The van der Waals surface area contributed by atoms with E-state index in [1.54, 1.807) is 11.1 Å². The van der Waals surface area contributed by atoms with Crippen molar-refractivity contribution in [2.45, 2.75) is 12.5 Å². The highest BCUT2D eigenvalue weighted by molar-refractivity contribution is 6.34. The van der Waals surface area contributed by atoms with Gasteiger partial charge in [-0.25, -0.2) is 9.78 Å². The summed E-state index contributed by atoms with van der Waals surface area (Å²) in [5.74, 6) is 2.28. The van der Waals surface area contributed by atoms with Crippen molar-refractivity contribution in [2.24, 2.45) is 0 Å². The zero-order valence-corrected chi connectivity index (χ0v) is 12.6. The Labute approximate surface area is 132 Å². The SMILES string of the molecule is C#CCOC(=O)N1CC[C@H](Nc2c(Cl)cnc3[nH]ccc23)C1. The van der Waals surface area contributed by atoms with Crippen LogP contribution in [0.15, 0.2) is 18.5 Å². The van der Waals surface area contributed by atoms with Gasteiger partial charge in [0.15, 0.2) is 6.61 Å². The minimum absolute atomic E-state index is 0.00637. The number of carbonyl (C=O) groups excluding carboxylic acids is 1. The number of aromatic nitrogens is 2. The molecule has 2 N–H and O–H groups in total. The molecule has 0 saturated carbocycles. The standard InChI is InChI=1S/C15H15ClN4O2/c1-2-7-22-15(21)20-6-4-10(9-20)19-13-11-3-5-17-14(11)18-8-12(13)16/h1,3,5,8,10H,4,6-7,9H2,(H2,17,18,19)/t10-/m0/s1. The van der Waals surface area contributed by atoms with Gasteiger partial charge in [0.25, 0.3) is 0 Å². The van der Waals surface area contributed by atoms with Crippen molar-refractivity contribution in [3.63, 3.8) is 0 Å². The second-order valence-electron chi connectivity index (χ2n) is 5.06. The van der Waals surface area contributed by atoms with Crippen LogP contribution in [0.25, 0.3) is 11.0 Å². The van der Waals surface area contributed by atoms with Gasteiger partial charge in [0.1, 0.15) is 5.65 Å². The Morgan fingerprint density at radius 1 is 1.68 bits per heavy atom. The first-order chi connectivity index (χ1) is 10.7. The second kappa shape index (κ2) is 6.16. The van der Waals surface area contributed by atoms with E-state index >= 15 is 0 Å². The quantitative estimate of drug-likeness (QED) is 0.853. The lowest BCUT2D eigenvalue weighted by Crippen LogP contribution is -2.32. The first-order valence-electron chi connectivity index (χ1n) is 6.92. The van der Waals surface area contributed by atoms with E-state index in [0.29, 0.717) is 18.1 Å². The molecule has 3 rings (SSSR count). The summed E-state index contributed by atoms with van der Waals surface area (Å²) in [4.78, 5) is 20.7. The van der Waals surface area contributed by atoms with E-state index < -0.39 is 0 Å². The molecular formula is C15H15ClN4O2. The monoisotopic (exact) mass is 318 g/mol. The van der Waals surface area contributed by atoms with Crippen LogP contribution in [-0.4, -0.2) is 46.7 Å². The number of carbonyl (C=O) groups is 1. The van der Waals surface area contributed by atoms with E-state index in [1.807, 2.05) is 12.3 Å². The Kier molecular flexibility index (Phi) is 4.07. The number of rotatable bonds is 3. The van der Waals surface area contributed by atoms with Crippen LogP contribution in [0, 0.1) is 12.3 Å². The van der Waals surface area contributed by atoms with Crippen LogP contribution in [0.5, 0.6) is 0 Å². The first-order valence-corrected chi connectivity index (χ1v) is 7.30. The predicted molar refractivity (Wildman–Crippen MR) is 84.9 cm³/mol. The largest absolute Gasteiger partial charge is 0.436 e. The summed E-state index contributed by atoms with van der Waals surface area (Å²) in [6.07, 6.45) is 8.94. The van der Waals surface area contributed by atoms with Crippen LogP contribution in [0.3, 0.4) is 0 Å². The number of hydrogen-bond donors (Lipinski definition) is 2. The third kappa shape index (κ3) is 2.81. The molecule has 1 aliphatic heterocycles. The molecule has 1 amide bonds. The lowest BCUT2D eigenvalue weighted by molar-refractivity contribution is 0.122. The summed E-state index contributed by atoms with van der Waals surface area (Å²) in [5, 5.41) is 4.88. The number of nitrogens with zero attached hydrogens (tertiary/aromatic N) is 2. The Morgan fingerprint density at radius 3 is 3.36 bits per heavy atom. The summed E-state index contributed by atoms with van der Waals surface area (Å²) < 4.78 is 4.94. The maximum Gasteiger partial charge on any atom is 0.410 e. The fourth-order valence-corrected chi connectivity index (χ4v) is 2.78. The molecule has 1 aliphatic rings. The number of fused-ring (bicyclic) bond motifs is 1. The number of hydrogen-bond acceptors (Lipinski definition) is 4. The number of ether oxygens (including phenoxy) is 1. The fraction of sp³-hybridized carbons (Fsp3) is 0.333. The normalized spacial score (nSPS) is 17.5. The maximum absolute atomic E-state index is 11.8. The average Bonchev–Trinajstić information content (AvgIpc) is 3.16. The van der Waals surface area contributed by atoms with E-state index in [2.05, 4.69) is 21.2 Å². The van der Waals surface area contributed by atoms with E-state index in [-0.39, 0.29) is 18.7 Å². The molecular weight excluding hydrogens is 304 g/mol. The van der Waals surface area contributed by atoms with Crippen molar-refractivity contribution in [3.05, 3.63) is 23.5 Å². The topological polar surface area (TPSA) is 70.2 Å². The van der Waals surface area contributed by atoms with Gasteiger partial charge < -0.3 is 19.9 Å². The molecule has 0 bridgehead atoms. The molecule has 6 nitrogen and oxygen atoms in total. The minimum atomic E-state index is -0.380. The molecule has 3 heterocycles. The lowest BCUT2D eigenvalue weighted by Gasteiger charge is -2.18. The fourth-order valence-electron chi connectivity index (χ4n) is 2.57. The van der Waals surface area contributed by atoms with E-state index in [4.69, 9.17) is 22.8 Å². The van der Waals surface area contributed by atoms with Crippen LogP contribution in [-0.2, 0) is 4.74 Å². The third-order valence-corrected chi connectivity index (χ3v) is 3.90. The van der Waals surface area contributed by atoms with Crippen molar-refractivity contribution in [2.75, 3.05) is 25.0 Å². The van der Waals surface area contributed by atoms with Gasteiger partial charge in [0.2, 0.25) is 0 Å². The number of pyridine rings is 1. The maximum atomic E-state index is 11.8. The second-order valence-corrected chi connectivity index (χ2v) is 5.46. The van der Waals surface area contributed by atoms with Crippen LogP contribution in [0.4, 0.5) is 10.5 Å². The summed E-state index contributed by atoms with van der Waals surface area (Å²) in [6, 6.07) is 2.03. The molecule has 0 aliphatic carbocycles. The smallest absolute Gasteiger partial charge is 0.410 e. The summed E-state index contributed by atoms with van der Waals surface area (Å²) in [6.45, 7) is 1.17. The van der Waals surface area contributed by atoms with Crippen LogP contribution < -0.4 is 5.32 Å². The molecule has 2 aromatic heterocycles. The van der Waals surface area contributed by atoms with Gasteiger partial charge in [-0.1, -0.05) is 17.5 Å². The summed E-state index contributed by atoms with van der Waals surface area (Å²) in [5.41, 5.74) is 1.60. The Bertz CT molecular complexity index is 737. The Hall–Kier alpha value is -2.39. The molecule has 7 heteroatoms. The molecule has 22 heavy (non-hydrogen) atoms. The van der Waals surface area contributed by atoms with Gasteiger partial charge in [-0.05, 0) is 12.5 Å². The predicted octanol–water partition coefficient (Wildman–Crippen LogP) is 2.47. The molecule has 1 fully saturated rings. The first kappa shape index (κ1) is 14.5. The highest BCUT2D eigenvalue weighted by Gasteiger charge is 2.28. The molecule has 0 radical (unpaired) electrons. The third-order valence-electron chi connectivity index (χ3n) is 3.61. The number of halogens is 1. The van der Waals surface area contributed by atoms with Crippen LogP contribution in [0.1, 0.15) is 6.42 Å². The molecule has 1 atom stereocenters. The Balaban J connectivity index is 1.69. The summed E-state index contributed by atoms with van der Waals surface area (Å²) >= 11 is 6.24. The van der Waals surface area contributed by atoms with Crippen molar-refractivity contribution >= 4 is 34.4 Å². The van der Waals surface area contributed by atoms with Crippen molar-refractivity contribution < 1.29 is 9.53 Å². The van der Waals surface area contributed by atoms with Gasteiger partial charge in [0, 0.05) is 30.7 Å². The van der Waals surface area contributed by atoms with E-state index in [1.165, 1.54) is 0 Å². The van der Waals surface area contributed by atoms with Gasteiger partial charge in [0.05, 0.1) is 16.9 Å². The number of likely N-dealkylation sites (tertiary alicyclic amines) is 1. The molecule has 114 valence electrons. The number of aromatic amines is 1. The highest BCUT2D eigenvalue weighted by atomic mass is 35.5. The van der Waals surface area contributed by atoms with Gasteiger partial charge in [-0.2, -0.15) is 0 Å². The number of amides is 1. The Morgan fingerprint density at radius 2 is 2.55 bits per heavy atom. The molecule has 1 saturated heterocycles. The van der Waals surface area contributed by atoms with Crippen LogP contribution in [0.2, 0.25) is 5.02 Å². The average molecular weight is 319 g/mol. The van der Waals surface area contributed by atoms with Gasteiger partial charge in [-0.3, -0.25) is 0 Å². The van der Waals surface area contributed by atoms with E-state index in [9.17, 15) is 4.79 Å². The zero-order valence-electron chi connectivity index (χ0n) is 11.8. The van der Waals surface area contributed by atoms with E-state index in [0.717, 1.165) is 23.1 Å². The van der Waals surface area contributed by atoms with Gasteiger partial charge >= 0.3 is 6.09 Å². The molecule has 0 aromatic carbocycles. The number of anilines is 1. The zero-order chi connectivity index (χ0) is 15.5. The van der Waals surface area contributed by atoms with Gasteiger partial charge in [-0.15, -0.1) is 6.42 Å². The summed E-state index contributed by atoms with van der Waals surface area (Å²) in [7, 11) is 0. The van der Waals surface area contributed by atoms with Crippen molar-refractivity contribution in [1.82, 2.24) is 14.9 Å². The number of H-pyrrole nitrogens is 1. The minimum Gasteiger partial charge on any atom is -0.436 e. The molecule has 2 aromatic rings.